The molecule has 0 aromatic heterocycles. The van der Waals surface area contributed by atoms with Crippen molar-refractivity contribution < 1.29 is 9.53 Å². The maximum atomic E-state index is 10.2. The van der Waals surface area contributed by atoms with Crippen molar-refractivity contribution in [3.05, 3.63) is 0 Å². The second-order valence-corrected chi connectivity index (χ2v) is 2.14. The molecule has 10 heavy (non-hydrogen) atoms. The molecule has 0 spiro atoms. The fraction of sp³-hybridized carbons (Fsp3) is 0.833. The van der Waals surface area contributed by atoms with Crippen LogP contribution in [0.25, 0.3) is 0 Å². The van der Waals surface area contributed by atoms with E-state index in [1.807, 2.05) is 19.0 Å². The molecule has 0 heterocycles. The number of hydrogen-bond donors (Lipinski definition) is 0. The molecule has 0 unspecified atom stereocenters. The molecule has 0 rings (SSSR count). The molecule has 0 amide bonds. The molecule has 0 saturated heterocycles. The molecule has 0 aromatic carbocycles. The van der Waals surface area contributed by atoms with Crippen LogP contribution in [0.2, 0.25) is 0 Å². The fourth-order valence-corrected chi connectivity index (χ4v) is 0.372. The summed E-state index contributed by atoms with van der Waals surface area (Å²) in [6.07, 6.45) is 0. The van der Waals surface area contributed by atoms with E-state index in [0.29, 0.717) is 6.61 Å². The number of ether oxygens (including phenoxy) is 1. The molecule has 0 saturated carbocycles. The molecule has 3 nitrogen and oxygen atoms in total. The van der Waals surface area contributed by atoms with Crippen LogP contribution in [-0.2, 0) is 9.53 Å². The standard InChI is InChI=1S/C6H13NO2.ClH/c1-6(8)9-5-4-7(2)3;/h4-5H2,1-3H3;1H. The van der Waals surface area contributed by atoms with Gasteiger partial charge in [-0.05, 0) is 14.1 Å². The molecule has 0 aliphatic heterocycles. The van der Waals surface area contributed by atoms with Gasteiger partial charge in [-0.3, -0.25) is 4.79 Å². The van der Waals surface area contributed by atoms with Crippen molar-refractivity contribution in [3.8, 4) is 0 Å². The number of rotatable bonds is 3. The SMILES string of the molecule is CC(=O)OCCN(C)C.Cl. The van der Waals surface area contributed by atoms with Gasteiger partial charge in [-0.25, -0.2) is 0 Å². The monoisotopic (exact) mass is 167 g/mol. The number of carbonyl (C=O) groups excluding carboxylic acids is 1. The van der Waals surface area contributed by atoms with E-state index in [9.17, 15) is 4.79 Å². The van der Waals surface area contributed by atoms with Crippen LogP contribution in [0.3, 0.4) is 0 Å². The Kier molecular flexibility index (Phi) is 8.48. The maximum absolute atomic E-state index is 10.2. The van der Waals surface area contributed by atoms with Crippen LogP contribution in [0.4, 0.5) is 0 Å². The second-order valence-electron chi connectivity index (χ2n) is 2.14. The Morgan fingerprint density at radius 1 is 1.50 bits per heavy atom. The first-order valence-electron chi connectivity index (χ1n) is 2.91. The average Bonchev–Trinajstić information content (AvgIpc) is 1.63. The molecule has 0 bridgehead atoms. The van der Waals surface area contributed by atoms with Gasteiger partial charge in [-0.1, -0.05) is 0 Å². The second kappa shape index (κ2) is 6.83. The van der Waals surface area contributed by atoms with Gasteiger partial charge in [0.2, 0.25) is 0 Å². The first kappa shape index (κ1) is 12.4. The van der Waals surface area contributed by atoms with Crippen molar-refractivity contribution in [2.45, 2.75) is 6.92 Å². The van der Waals surface area contributed by atoms with E-state index in [4.69, 9.17) is 0 Å². The van der Waals surface area contributed by atoms with E-state index >= 15 is 0 Å². The van der Waals surface area contributed by atoms with Crippen LogP contribution < -0.4 is 0 Å². The summed E-state index contributed by atoms with van der Waals surface area (Å²) >= 11 is 0. The van der Waals surface area contributed by atoms with Crippen molar-refractivity contribution in [3.63, 3.8) is 0 Å². The Balaban J connectivity index is 0. The quantitative estimate of drug-likeness (QED) is 0.575. The molecule has 4 heteroatoms. The average molecular weight is 168 g/mol. The third-order valence-corrected chi connectivity index (χ3v) is 0.844. The molecular formula is C6H14ClNO2. The number of nitrogens with zero attached hydrogens (tertiary/aromatic N) is 1. The van der Waals surface area contributed by atoms with Crippen LogP contribution >= 0.6 is 12.4 Å². The van der Waals surface area contributed by atoms with Gasteiger partial charge >= 0.3 is 5.97 Å². The van der Waals surface area contributed by atoms with Crippen molar-refractivity contribution in [1.29, 1.82) is 0 Å². The number of esters is 1. The lowest BCUT2D eigenvalue weighted by Gasteiger charge is -2.07. The number of hydrogen-bond acceptors (Lipinski definition) is 3. The van der Waals surface area contributed by atoms with Gasteiger partial charge in [0, 0.05) is 13.5 Å². The topological polar surface area (TPSA) is 29.5 Å². The van der Waals surface area contributed by atoms with E-state index in [1.165, 1.54) is 6.92 Å². The molecule has 0 radical (unpaired) electrons. The van der Waals surface area contributed by atoms with Gasteiger partial charge in [-0.2, -0.15) is 0 Å². The molecule has 62 valence electrons. The maximum Gasteiger partial charge on any atom is 0.302 e. The Morgan fingerprint density at radius 2 is 2.00 bits per heavy atom. The first-order chi connectivity index (χ1) is 4.13. The van der Waals surface area contributed by atoms with Crippen molar-refractivity contribution in [2.75, 3.05) is 27.2 Å². The lowest BCUT2D eigenvalue weighted by atomic mass is 10.6. The van der Waals surface area contributed by atoms with Gasteiger partial charge in [0.05, 0.1) is 0 Å². The molecule has 0 fully saturated rings. The third-order valence-electron chi connectivity index (χ3n) is 0.844. The normalized spacial score (nSPS) is 8.80. The number of halogens is 1. The minimum Gasteiger partial charge on any atom is -0.465 e. The zero-order valence-corrected chi connectivity index (χ0v) is 7.40. The zero-order chi connectivity index (χ0) is 7.28. The molecule has 0 N–H and O–H groups in total. The summed E-state index contributed by atoms with van der Waals surface area (Å²) < 4.78 is 4.67. The van der Waals surface area contributed by atoms with Gasteiger partial charge in [0.25, 0.3) is 0 Å². The lowest BCUT2D eigenvalue weighted by molar-refractivity contribution is -0.141. The van der Waals surface area contributed by atoms with Gasteiger partial charge in [-0.15, -0.1) is 12.4 Å². The molecular weight excluding hydrogens is 154 g/mol. The van der Waals surface area contributed by atoms with Crippen molar-refractivity contribution in [1.82, 2.24) is 4.90 Å². The highest BCUT2D eigenvalue weighted by molar-refractivity contribution is 5.85. The van der Waals surface area contributed by atoms with E-state index in [2.05, 4.69) is 4.74 Å². The summed E-state index contributed by atoms with van der Waals surface area (Å²) in [5.74, 6) is -0.211. The minimum atomic E-state index is -0.211. The van der Waals surface area contributed by atoms with Crippen LogP contribution in [0.15, 0.2) is 0 Å². The molecule has 0 aromatic rings. The summed E-state index contributed by atoms with van der Waals surface area (Å²) in [7, 11) is 3.87. The summed E-state index contributed by atoms with van der Waals surface area (Å²) in [6, 6.07) is 0. The Labute approximate surface area is 67.8 Å². The van der Waals surface area contributed by atoms with E-state index in [1.54, 1.807) is 0 Å². The van der Waals surface area contributed by atoms with Crippen LogP contribution in [0, 0.1) is 0 Å². The third kappa shape index (κ3) is 10.7. The Hall–Kier alpha value is -0.280. The van der Waals surface area contributed by atoms with E-state index in [0.717, 1.165) is 6.54 Å². The minimum absolute atomic E-state index is 0. The van der Waals surface area contributed by atoms with Gasteiger partial charge < -0.3 is 9.64 Å². The highest BCUT2D eigenvalue weighted by Crippen LogP contribution is 1.77. The van der Waals surface area contributed by atoms with Crippen molar-refractivity contribution >= 4 is 18.4 Å². The fourth-order valence-electron chi connectivity index (χ4n) is 0.372. The predicted octanol–water partition coefficient (Wildman–Crippen LogP) is 0.533. The van der Waals surface area contributed by atoms with Crippen LogP contribution in [0.5, 0.6) is 0 Å². The highest BCUT2D eigenvalue weighted by Gasteiger charge is 1.92. The predicted molar refractivity (Wildman–Crippen MR) is 42.4 cm³/mol. The van der Waals surface area contributed by atoms with Crippen LogP contribution in [0.1, 0.15) is 6.92 Å². The summed E-state index contributed by atoms with van der Waals surface area (Å²) in [4.78, 5) is 12.1. The summed E-state index contributed by atoms with van der Waals surface area (Å²) in [6.45, 7) is 2.69. The Morgan fingerprint density at radius 3 is 2.30 bits per heavy atom. The summed E-state index contributed by atoms with van der Waals surface area (Å²) in [5, 5.41) is 0. The lowest BCUT2D eigenvalue weighted by Crippen LogP contribution is -2.19. The smallest absolute Gasteiger partial charge is 0.302 e. The molecule has 0 atom stereocenters. The van der Waals surface area contributed by atoms with E-state index < -0.39 is 0 Å². The van der Waals surface area contributed by atoms with E-state index in [-0.39, 0.29) is 18.4 Å². The van der Waals surface area contributed by atoms with Crippen LogP contribution in [-0.4, -0.2) is 38.1 Å². The first-order valence-corrected chi connectivity index (χ1v) is 2.91. The number of carbonyl (C=O) groups is 1. The molecule has 0 aliphatic carbocycles. The largest absolute Gasteiger partial charge is 0.465 e. The van der Waals surface area contributed by atoms with Crippen molar-refractivity contribution in [2.24, 2.45) is 0 Å². The summed E-state index contributed by atoms with van der Waals surface area (Å²) in [5.41, 5.74) is 0. The van der Waals surface area contributed by atoms with Gasteiger partial charge in [0.15, 0.2) is 0 Å². The van der Waals surface area contributed by atoms with Gasteiger partial charge in [0.1, 0.15) is 6.61 Å². The molecule has 0 aliphatic rings. The zero-order valence-electron chi connectivity index (χ0n) is 6.59. The Bertz CT molecular complexity index is 95.7. The number of likely N-dealkylation sites (N-methyl/N-ethyl adjacent to an activating group) is 1. The highest BCUT2D eigenvalue weighted by atomic mass is 35.5.